The number of amides is 1. The van der Waals surface area contributed by atoms with E-state index in [-0.39, 0.29) is 53.3 Å². The Morgan fingerprint density at radius 1 is 1.16 bits per heavy atom. The lowest BCUT2D eigenvalue weighted by molar-refractivity contribution is -0.359. The highest BCUT2D eigenvalue weighted by molar-refractivity contribution is 8.13. The molecule has 0 saturated heterocycles. The third-order valence-electron chi connectivity index (χ3n) is 5.24. The highest BCUT2D eigenvalue weighted by Gasteiger charge is 2.73. The molecule has 0 atom stereocenters. The van der Waals surface area contributed by atoms with Gasteiger partial charge in [-0.3, -0.25) is 25.5 Å². The van der Waals surface area contributed by atoms with Crippen molar-refractivity contribution in [3.63, 3.8) is 0 Å². The maximum atomic E-state index is 14.5. The van der Waals surface area contributed by atoms with Gasteiger partial charge in [-0.2, -0.15) is 30.7 Å². The van der Waals surface area contributed by atoms with Gasteiger partial charge in [0.2, 0.25) is 0 Å². The van der Waals surface area contributed by atoms with Crippen LogP contribution in [0.4, 0.5) is 46.6 Å². The summed E-state index contributed by atoms with van der Waals surface area (Å²) < 4.78 is 112. The summed E-state index contributed by atoms with van der Waals surface area (Å²) in [6.45, 7) is 3.56. The van der Waals surface area contributed by atoms with Crippen molar-refractivity contribution >= 4 is 34.3 Å². The summed E-state index contributed by atoms with van der Waals surface area (Å²) in [5.74, 6) is -10.5. The van der Waals surface area contributed by atoms with E-state index in [0.717, 1.165) is 5.01 Å². The van der Waals surface area contributed by atoms with E-state index in [4.69, 9.17) is 20.8 Å². The van der Waals surface area contributed by atoms with E-state index < -0.39 is 46.7 Å². The van der Waals surface area contributed by atoms with Gasteiger partial charge < -0.3 is 15.2 Å². The normalized spacial score (nSPS) is 12.7. The molecule has 1 aromatic carbocycles. The average Bonchev–Trinajstić information content (AvgIpc) is 2.88. The fourth-order valence-electron chi connectivity index (χ4n) is 3.14. The number of thioether (sulfide) groups is 1. The fourth-order valence-corrected chi connectivity index (χ4v) is 3.95. The Bertz CT molecular complexity index is 1290. The minimum atomic E-state index is -6.65. The van der Waals surface area contributed by atoms with E-state index >= 15 is 0 Å². The van der Waals surface area contributed by atoms with Crippen LogP contribution in [0.1, 0.15) is 36.2 Å². The van der Waals surface area contributed by atoms with E-state index in [1.165, 1.54) is 25.3 Å². The number of anilines is 2. The number of hydrogen-bond donors (Lipinski definition) is 5. The molecule has 2 rings (SSSR count). The number of nitrogens with two attached hydrogens (primary N) is 1. The SMILES string of the molecule is CONc1ccc(SC(=N)N(N)CCCOCC(C)(C)O)c(C(=O)Nc2ncc(C(F)(F)C(F)(F)C(F)(F)F)cc2F)c1. The number of carbonyl (C=O) groups excluding carboxylic acids is 1. The monoisotopic (exact) mass is 648 g/mol. The van der Waals surface area contributed by atoms with Crippen molar-refractivity contribution < 1.29 is 54.6 Å². The topological polar surface area (TPSA) is 146 Å². The number of hydrazine groups is 1. The Kier molecular flexibility index (Phi) is 11.7. The van der Waals surface area contributed by atoms with Gasteiger partial charge in [-0.05, 0) is 44.5 Å². The Labute approximate surface area is 244 Å². The summed E-state index contributed by atoms with van der Waals surface area (Å²) in [7, 11) is 1.26. The molecule has 43 heavy (non-hydrogen) atoms. The number of hydrogen-bond acceptors (Lipinski definition) is 9. The second kappa shape index (κ2) is 14.0. The number of nitrogens with zero attached hydrogens (tertiary/aromatic N) is 2. The van der Waals surface area contributed by atoms with E-state index in [1.54, 1.807) is 13.8 Å². The number of ether oxygens (including phenoxy) is 1. The van der Waals surface area contributed by atoms with Crippen LogP contribution >= 0.6 is 11.8 Å². The number of benzene rings is 1. The summed E-state index contributed by atoms with van der Waals surface area (Å²) in [6.07, 6.45) is -6.40. The molecule has 0 radical (unpaired) electrons. The molecule has 0 unspecified atom stereocenters. The van der Waals surface area contributed by atoms with Crippen molar-refractivity contribution in [3.8, 4) is 0 Å². The number of aliphatic hydroxyl groups is 1. The van der Waals surface area contributed by atoms with Crippen LogP contribution in [0.25, 0.3) is 0 Å². The summed E-state index contributed by atoms with van der Waals surface area (Å²) in [5.41, 5.74) is -0.701. The first-order valence-corrected chi connectivity index (χ1v) is 12.8. The second-order valence-corrected chi connectivity index (χ2v) is 10.5. The maximum absolute atomic E-state index is 14.5. The van der Waals surface area contributed by atoms with Gasteiger partial charge in [0.1, 0.15) is 0 Å². The van der Waals surface area contributed by atoms with Gasteiger partial charge in [-0.25, -0.2) is 15.2 Å². The summed E-state index contributed by atoms with van der Waals surface area (Å²) in [5, 5.41) is 20.6. The zero-order valence-corrected chi connectivity index (χ0v) is 23.6. The zero-order valence-electron chi connectivity index (χ0n) is 22.8. The zero-order chi connectivity index (χ0) is 32.8. The summed E-state index contributed by atoms with van der Waals surface area (Å²) in [6, 6.07) is 3.71. The van der Waals surface area contributed by atoms with E-state index in [9.17, 15) is 45.0 Å². The Balaban J connectivity index is 2.23. The van der Waals surface area contributed by atoms with Gasteiger partial charge in [-0.15, -0.1) is 0 Å². The van der Waals surface area contributed by atoms with Crippen molar-refractivity contribution in [2.45, 2.75) is 48.8 Å². The number of alkyl halides is 7. The largest absolute Gasteiger partial charge is 0.460 e. The van der Waals surface area contributed by atoms with Crippen molar-refractivity contribution in [2.75, 3.05) is 37.7 Å². The molecule has 0 fully saturated rings. The van der Waals surface area contributed by atoms with Gasteiger partial charge >= 0.3 is 18.0 Å². The van der Waals surface area contributed by atoms with Crippen LogP contribution in [0.15, 0.2) is 35.4 Å². The van der Waals surface area contributed by atoms with Crippen LogP contribution < -0.4 is 16.6 Å². The molecule has 0 aliphatic carbocycles. The first kappa shape index (κ1) is 35.9. The van der Waals surface area contributed by atoms with Gasteiger partial charge in [0, 0.05) is 29.8 Å². The number of amidine groups is 1. The first-order valence-electron chi connectivity index (χ1n) is 12.0. The lowest BCUT2D eigenvalue weighted by Gasteiger charge is -2.28. The minimum Gasteiger partial charge on any atom is -0.388 e. The fraction of sp³-hybridized carbons (Fsp3) is 0.458. The van der Waals surface area contributed by atoms with Gasteiger partial charge in [0.15, 0.2) is 16.8 Å². The van der Waals surface area contributed by atoms with Crippen LogP contribution in [-0.4, -0.2) is 70.7 Å². The maximum Gasteiger partial charge on any atom is 0.460 e. The van der Waals surface area contributed by atoms with Gasteiger partial charge in [0.25, 0.3) is 5.91 Å². The highest BCUT2D eigenvalue weighted by Crippen LogP contribution is 2.51. The number of nitrogens with one attached hydrogen (secondary N) is 3. The van der Waals surface area contributed by atoms with Crippen molar-refractivity contribution in [2.24, 2.45) is 5.84 Å². The van der Waals surface area contributed by atoms with Crippen LogP contribution in [0, 0.1) is 11.2 Å². The Hall–Kier alpha value is -3.26. The van der Waals surface area contributed by atoms with E-state index in [1.807, 2.05) is 5.32 Å². The molecule has 19 heteroatoms. The standard InChI is InChI=1S/C24H28F8N6O4S/c1-21(2,40)12-42-8-4-7-38(34)20(33)43-17-6-5-14(37-41-3)10-15(17)19(39)36-18-16(25)9-13(11-35-18)22(26,27)23(28,29)24(30,31)32/h5-6,9-11,33,37,40H,4,7-8,12,34H2,1-3H3,(H,35,36,39). The van der Waals surface area contributed by atoms with Crippen molar-refractivity contribution in [1.82, 2.24) is 9.99 Å². The Morgan fingerprint density at radius 2 is 1.81 bits per heavy atom. The van der Waals surface area contributed by atoms with E-state index in [0.29, 0.717) is 18.2 Å². The number of pyridine rings is 1. The molecular formula is C24H28F8N6O4S. The lowest BCUT2D eigenvalue weighted by Crippen LogP contribution is -2.50. The van der Waals surface area contributed by atoms with Crippen molar-refractivity contribution in [1.29, 1.82) is 5.41 Å². The molecule has 0 aliphatic rings. The first-order chi connectivity index (χ1) is 19.7. The predicted octanol–water partition coefficient (Wildman–Crippen LogP) is 5.12. The molecule has 240 valence electrons. The lowest BCUT2D eigenvalue weighted by atomic mass is 10.0. The van der Waals surface area contributed by atoms with Crippen LogP contribution in [0.5, 0.6) is 0 Å². The molecule has 0 spiro atoms. The van der Waals surface area contributed by atoms with Crippen LogP contribution in [0.3, 0.4) is 0 Å². The molecule has 0 saturated carbocycles. The molecule has 0 bridgehead atoms. The third-order valence-corrected chi connectivity index (χ3v) is 6.24. The van der Waals surface area contributed by atoms with Gasteiger partial charge in [-0.1, -0.05) is 11.8 Å². The molecule has 2 aromatic rings. The number of carbonyl (C=O) groups is 1. The summed E-state index contributed by atoms with van der Waals surface area (Å²) in [4.78, 5) is 21.0. The summed E-state index contributed by atoms with van der Waals surface area (Å²) >= 11 is 0.698. The van der Waals surface area contributed by atoms with Gasteiger partial charge in [0.05, 0.1) is 30.6 Å². The van der Waals surface area contributed by atoms with Crippen LogP contribution in [-0.2, 0) is 15.5 Å². The molecule has 0 aliphatic heterocycles. The smallest absolute Gasteiger partial charge is 0.388 e. The Morgan fingerprint density at radius 3 is 2.37 bits per heavy atom. The molecule has 1 heterocycles. The van der Waals surface area contributed by atoms with Crippen LogP contribution in [0.2, 0.25) is 0 Å². The molecule has 10 nitrogen and oxygen atoms in total. The van der Waals surface area contributed by atoms with Crippen molar-refractivity contribution in [3.05, 3.63) is 47.4 Å². The van der Waals surface area contributed by atoms with E-state index in [2.05, 4.69) is 10.5 Å². The predicted molar refractivity (Wildman–Crippen MR) is 140 cm³/mol. The molecule has 1 aromatic heterocycles. The number of halogens is 8. The molecule has 1 amide bonds. The molecule has 6 N–H and O–H groups in total. The average molecular weight is 649 g/mol. The second-order valence-electron chi connectivity index (χ2n) is 9.49. The third kappa shape index (κ3) is 9.36. The number of rotatable bonds is 13. The number of aromatic nitrogens is 1. The molecular weight excluding hydrogens is 620 g/mol. The highest BCUT2D eigenvalue weighted by atomic mass is 32.2. The minimum absolute atomic E-state index is 0.0741. The quantitative estimate of drug-likeness (QED) is 0.0380.